The van der Waals surface area contributed by atoms with Crippen LogP contribution in [0.3, 0.4) is 0 Å². The van der Waals surface area contributed by atoms with E-state index in [4.69, 9.17) is 10.9 Å². The number of oxime groups is 1. The molecule has 0 spiro atoms. The summed E-state index contributed by atoms with van der Waals surface area (Å²) in [5.41, 5.74) is 5.27. The van der Waals surface area contributed by atoms with E-state index in [9.17, 15) is 0 Å². The van der Waals surface area contributed by atoms with Gasteiger partial charge in [0, 0.05) is 0 Å². The lowest BCUT2D eigenvalue weighted by atomic mass is 10.7. The molecule has 0 unspecified atom stereocenters. The minimum atomic E-state index is 0.253. The molecule has 1 heterocycles. The van der Waals surface area contributed by atoms with Gasteiger partial charge in [0.15, 0.2) is 0 Å². The second-order valence-electron chi connectivity index (χ2n) is 1.81. The Hall–Kier alpha value is -0.680. The third kappa shape index (κ3) is 2.81. The molecule has 1 aromatic rings. The molecule has 0 aliphatic carbocycles. The highest BCUT2D eigenvalue weighted by Crippen LogP contribution is 2.22. The van der Waals surface area contributed by atoms with Crippen molar-refractivity contribution in [3.63, 3.8) is 0 Å². The average Bonchev–Trinajstić information content (AvgIpc) is 2.52. The first-order valence-corrected chi connectivity index (χ1v) is 4.82. The number of nitrogens with zero attached hydrogens (tertiary/aromatic N) is 1. The lowest BCUT2D eigenvalue weighted by molar-refractivity contribution is 0.318. The van der Waals surface area contributed by atoms with Crippen molar-refractivity contribution in [2.75, 3.05) is 5.75 Å². The van der Waals surface area contributed by atoms with Crippen LogP contribution >= 0.6 is 23.1 Å². The molecule has 0 saturated heterocycles. The number of rotatable bonds is 3. The van der Waals surface area contributed by atoms with Crippen molar-refractivity contribution >= 4 is 28.9 Å². The van der Waals surface area contributed by atoms with Crippen molar-refractivity contribution in [2.45, 2.75) is 4.21 Å². The quantitative estimate of drug-likeness (QED) is 0.249. The maximum absolute atomic E-state index is 8.22. The summed E-state index contributed by atoms with van der Waals surface area (Å²) in [6.45, 7) is 0. The highest BCUT2D eigenvalue weighted by molar-refractivity contribution is 8.01. The monoisotopic (exact) mass is 188 g/mol. The molecule has 0 atom stereocenters. The van der Waals surface area contributed by atoms with Crippen LogP contribution in [-0.2, 0) is 0 Å². The van der Waals surface area contributed by atoms with Crippen molar-refractivity contribution in [2.24, 2.45) is 10.9 Å². The molecule has 0 aromatic carbocycles. The van der Waals surface area contributed by atoms with Gasteiger partial charge in [0.2, 0.25) is 0 Å². The van der Waals surface area contributed by atoms with Crippen molar-refractivity contribution in [1.29, 1.82) is 0 Å². The van der Waals surface area contributed by atoms with E-state index in [0.717, 1.165) is 0 Å². The fraction of sp³-hybridized carbons (Fsp3) is 0.167. The number of amidine groups is 1. The van der Waals surface area contributed by atoms with E-state index in [2.05, 4.69) is 5.16 Å². The SMILES string of the molecule is N/C(CSc1cccs1)=N\O. The summed E-state index contributed by atoms with van der Waals surface area (Å²) in [7, 11) is 0. The van der Waals surface area contributed by atoms with Crippen LogP contribution in [0.1, 0.15) is 0 Å². The van der Waals surface area contributed by atoms with E-state index >= 15 is 0 Å². The summed E-state index contributed by atoms with van der Waals surface area (Å²) in [4.78, 5) is 0. The van der Waals surface area contributed by atoms with Crippen LogP contribution in [0.4, 0.5) is 0 Å². The zero-order chi connectivity index (χ0) is 8.10. The summed E-state index contributed by atoms with van der Waals surface area (Å²) >= 11 is 3.21. The van der Waals surface area contributed by atoms with E-state index < -0.39 is 0 Å². The molecule has 0 aliphatic heterocycles. The molecular weight excluding hydrogens is 180 g/mol. The van der Waals surface area contributed by atoms with Crippen LogP contribution in [-0.4, -0.2) is 16.8 Å². The Kier molecular flexibility index (Phi) is 3.25. The zero-order valence-corrected chi connectivity index (χ0v) is 7.36. The Morgan fingerprint density at radius 3 is 3.18 bits per heavy atom. The smallest absolute Gasteiger partial charge is 0.149 e. The molecule has 1 aromatic heterocycles. The van der Waals surface area contributed by atoms with E-state index in [1.165, 1.54) is 4.21 Å². The lowest BCUT2D eigenvalue weighted by Crippen LogP contribution is -2.13. The molecule has 11 heavy (non-hydrogen) atoms. The van der Waals surface area contributed by atoms with Crippen molar-refractivity contribution in [3.05, 3.63) is 17.5 Å². The lowest BCUT2D eigenvalue weighted by Gasteiger charge is -1.94. The van der Waals surface area contributed by atoms with E-state index in [1.54, 1.807) is 23.1 Å². The summed E-state index contributed by atoms with van der Waals surface area (Å²) in [5, 5.41) is 13.1. The van der Waals surface area contributed by atoms with Crippen LogP contribution in [0.15, 0.2) is 26.9 Å². The van der Waals surface area contributed by atoms with Gasteiger partial charge < -0.3 is 10.9 Å². The van der Waals surface area contributed by atoms with Crippen LogP contribution in [0, 0.1) is 0 Å². The van der Waals surface area contributed by atoms with Gasteiger partial charge in [-0.25, -0.2) is 0 Å². The second-order valence-corrected chi connectivity index (χ2v) is 4.04. The van der Waals surface area contributed by atoms with Crippen molar-refractivity contribution in [3.8, 4) is 0 Å². The molecule has 60 valence electrons. The second kappa shape index (κ2) is 4.25. The molecule has 0 fully saturated rings. The molecule has 0 radical (unpaired) electrons. The third-order valence-electron chi connectivity index (χ3n) is 0.986. The Bertz CT molecular complexity index is 233. The standard InChI is InChI=1S/C6H8N2OS2/c7-5(8-9)4-11-6-2-1-3-10-6/h1-3,9H,4H2,(H2,7,8). The van der Waals surface area contributed by atoms with Gasteiger partial charge in [-0.05, 0) is 11.4 Å². The van der Waals surface area contributed by atoms with Crippen molar-refractivity contribution in [1.82, 2.24) is 0 Å². The van der Waals surface area contributed by atoms with E-state index in [1.807, 2.05) is 17.5 Å². The van der Waals surface area contributed by atoms with Gasteiger partial charge in [-0.1, -0.05) is 11.2 Å². The van der Waals surface area contributed by atoms with Gasteiger partial charge in [-0.2, -0.15) is 0 Å². The average molecular weight is 188 g/mol. The van der Waals surface area contributed by atoms with Gasteiger partial charge in [-0.3, -0.25) is 0 Å². The molecule has 1 rings (SSSR count). The number of hydrogen-bond donors (Lipinski definition) is 2. The summed E-state index contributed by atoms with van der Waals surface area (Å²) < 4.78 is 1.18. The fourth-order valence-electron chi connectivity index (χ4n) is 0.520. The number of hydrogen-bond acceptors (Lipinski definition) is 4. The van der Waals surface area contributed by atoms with Crippen LogP contribution < -0.4 is 5.73 Å². The predicted molar refractivity (Wildman–Crippen MR) is 48.5 cm³/mol. The highest BCUT2D eigenvalue weighted by Gasteiger charge is 1.96. The van der Waals surface area contributed by atoms with E-state index in [-0.39, 0.29) is 5.84 Å². The Morgan fingerprint density at radius 2 is 2.64 bits per heavy atom. The van der Waals surface area contributed by atoms with Gasteiger partial charge in [-0.15, -0.1) is 23.1 Å². The van der Waals surface area contributed by atoms with Crippen molar-refractivity contribution < 1.29 is 5.21 Å². The third-order valence-corrected chi connectivity index (χ3v) is 3.15. The zero-order valence-electron chi connectivity index (χ0n) is 5.73. The fourth-order valence-corrected chi connectivity index (χ4v) is 2.11. The molecule has 0 saturated carbocycles. The summed E-state index contributed by atoms with van der Waals surface area (Å²) in [6, 6.07) is 3.97. The van der Waals surface area contributed by atoms with Gasteiger partial charge in [0.05, 0.1) is 9.96 Å². The van der Waals surface area contributed by atoms with Crippen LogP contribution in [0.5, 0.6) is 0 Å². The topological polar surface area (TPSA) is 58.6 Å². The normalized spacial score (nSPS) is 11.8. The molecule has 0 amide bonds. The molecule has 0 aliphatic rings. The number of thiophene rings is 1. The van der Waals surface area contributed by atoms with Gasteiger partial charge in [0.1, 0.15) is 5.84 Å². The first kappa shape index (κ1) is 8.42. The van der Waals surface area contributed by atoms with E-state index in [0.29, 0.717) is 5.75 Å². The highest BCUT2D eigenvalue weighted by atomic mass is 32.2. The van der Waals surface area contributed by atoms with Crippen LogP contribution in [0.25, 0.3) is 0 Å². The molecule has 3 N–H and O–H groups in total. The molecular formula is C6H8N2OS2. The minimum absolute atomic E-state index is 0.253. The largest absolute Gasteiger partial charge is 0.409 e. The number of thioether (sulfide) groups is 1. The minimum Gasteiger partial charge on any atom is -0.409 e. The Balaban J connectivity index is 2.35. The first-order valence-electron chi connectivity index (χ1n) is 2.95. The Labute approximate surface area is 72.9 Å². The summed E-state index contributed by atoms with van der Waals surface area (Å²) in [6.07, 6.45) is 0. The maximum atomic E-state index is 8.22. The predicted octanol–water partition coefficient (Wildman–Crippen LogP) is 1.59. The Morgan fingerprint density at radius 1 is 1.82 bits per heavy atom. The van der Waals surface area contributed by atoms with Crippen LogP contribution in [0.2, 0.25) is 0 Å². The molecule has 5 heteroatoms. The van der Waals surface area contributed by atoms with Gasteiger partial charge >= 0.3 is 0 Å². The summed E-state index contributed by atoms with van der Waals surface area (Å²) in [5.74, 6) is 0.792. The maximum Gasteiger partial charge on any atom is 0.149 e. The van der Waals surface area contributed by atoms with Gasteiger partial charge in [0.25, 0.3) is 0 Å². The number of nitrogens with two attached hydrogens (primary N) is 1. The molecule has 3 nitrogen and oxygen atoms in total. The first-order chi connectivity index (χ1) is 5.33. The molecule has 0 bridgehead atoms.